The van der Waals surface area contributed by atoms with Gasteiger partial charge in [-0.3, -0.25) is 4.79 Å². The fourth-order valence-corrected chi connectivity index (χ4v) is 2.01. The summed E-state index contributed by atoms with van der Waals surface area (Å²) >= 11 is 0. The molecule has 1 heterocycles. The molecule has 1 unspecified atom stereocenters. The Morgan fingerprint density at radius 2 is 2.18 bits per heavy atom. The van der Waals surface area contributed by atoms with E-state index in [1.54, 1.807) is 17.9 Å². The molecule has 0 bridgehead atoms. The van der Waals surface area contributed by atoms with Gasteiger partial charge in [0.05, 0.1) is 0 Å². The van der Waals surface area contributed by atoms with Gasteiger partial charge in [-0.1, -0.05) is 0 Å². The van der Waals surface area contributed by atoms with Gasteiger partial charge in [0.25, 0.3) is 5.91 Å². The van der Waals surface area contributed by atoms with Gasteiger partial charge in [-0.2, -0.15) is 0 Å². The number of hydrogen-bond donors (Lipinski definition) is 1. The largest absolute Gasteiger partial charge is 0.337 e. The Bertz CT molecular complexity index is 405. The molecule has 1 aliphatic heterocycles. The maximum atomic E-state index is 13.2. The van der Waals surface area contributed by atoms with E-state index in [1.807, 2.05) is 0 Å². The van der Waals surface area contributed by atoms with Crippen molar-refractivity contribution in [3.8, 4) is 0 Å². The molecule has 0 radical (unpaired) electrons. The van der Waals surface area contributed by atoms with Gasteiger partial charge in [0.15, 0.2) is 0 Å². The summed E-state index contributed by atoms with van der Waals surface area (Å²) in [5.74, 6) is -0.498. The van der Waals surface area contributed by atoms with Crippen LogP contribution in [0, 0.1) is 12.7 Å². The van der Waals surface area contributed by atoms with Crippen LogP contribution < -0.4 is 5.73 Å². The summed E-state index contributed by atoms with van der Waals surface area (Å²) in [6.45, 7) is 3.00. The molecule has 1 atom stereocenters. The molecule has 0 spiro atoms. The Balaban J connectivity index is 0.00000144. The Hall–Kier alpha value is -1.13. The average molecular weight is 259 g/mol. The van der Waals surface area contributed by atoms with E-state index in [4.69, 9.17) is 5.73 Å². The molecule has 1 aliphatic rings. The zero-order valence-corrected chi connectivity index (χ0v) is 10.5. The van der Waals surface area contributed by atoms with Crippen LogP contribution in [0.15, 0.2) is 18.2 Å². The second kappa shape index (κ2) is 5.47. The molecule has 2 rings (SSSR count). The molecule has 0 saturated carbocycles. The number of nitrogens with zero attached hydrogens (tertiary/aromatic N) is 1. The Kier molecular flexibility index (Phi) is 4.48. The summed E-state index contributed by atoms with van der Waals surface area (Å²) in [7, 11) is 0. The molecule has 5 heteroatoms. The van der Waals surface area contributed by atoms with Gasteiger partial charge in [-0.15, -0.1) is 12.4 Å². The highest BCUT2D eigenvalue weighted by atomic mass is 35.5. The van der Waals surface area contributed by atoms with Gasteiger partial charge < -0.3 is 10.6 Å². The van der Waals surface area contributed by atoms with Crippen LogP contribution >= 0.6 is 12.4 Å². The first kappa shape index (κ1) is 13.9. The number of amides is 1. The molecule has 0 aliphatic carbocycles. The van der Waals surface area contributed by atoms with Crippen molar-refractivity contribution in [1.29, 1.82) is 0 Å². The van der Waals surface area contributed by atoms with Crippen molar-refractivity contribution in [3.63, 3.8) is 0 Å². The quantitative estimate of drug-likeness (QED) is 0.834. The molecule has 3 nitrogen and oxygen atoms in total. The van der Waals surface area contributed by atoms with Crippen molar-refractivity contribution in [3.05, 3.63) is 35.1 Å². The smallest absolute Gasteiger partial charge is 0.254 e. The Labute approximate surface area is 106 Å². The standard InChI is InChI=1S/C12H15FN2O.ClH/c1-8-4-9(6-10(13)5-8)12(16)15-3-2-11(14)7-15;/h4-6,11H,2-3,7,14H2,1H3;1H. The van der Waals surface area contributed by atoms with E-state index in [0.717, 1.165) is 12.0 Å². The molecule has 1 amide bonds. The van der Waals surface area contributed by atoms with Crippen LogP contribution in [-0.4, -0.2) is 29.9 Å². The number of carbonyl (C=O) groups excluding carboxylic acids is 1. The maximum absolute atomic E-state index is 13.2. The molecule has 1 aromatic rings. The number of carbonyl (C=O) groups is 1. The van der Waals surface area contributed by atoms with Crippen molar-refractivity contribution in [2.45, 2.75) is 19.4 Å². The number of hydrogen-bond acceptors (Lipinski definition) is 2. The number of aryl methyl sites for hydroxylation is 1. The average Bonchev–Trinajstić information content (AvgIpc) is 2.62. The van der Waals surface area contributed by atoms with E-state index < -0.39 is 0 Å². The van der Waals surface area contributed by atoms with Gasteiger partial charge in [-0.25, -0.2) is 4.39 Å². The summed E-state index contributed by atoms with van der Waals surface area (Å²) in [5.41, 5.74) is 6.90. The molecule has 2 N–H and O–H groups in total. The van der Waals surface area contributed by atoms with Crippen LogP contribution in [0.2, 0.25) is 0 Å². The third-order valence-corrected chi connectivity index (χ3v) is 2.80. The maximum Gasteiger partial charge on any atom is 0.254 e. The Morgan fingerprint density at radius 1 is 1.47 bits per heavy atom. The van der Waals surface area contributed by atoms with E-state index in [-0.39, 0.29) is 30.2 Å². The SMILES string of the molecule is Cc1cc(F)cc(C(=O)N2CCC(N)C2)c1.Cl. The minimum atomic E-state index is -0.369. The van der Waals surface area contributed by atoms with Crippen LogP contribution in [-0.2, 0) is 0 Å². The van der Waals surface area contributed by atoms with Crippen molar-refractivity contribution >= 4 is 18.3 Å². The normalized spacial score (nSPS) is 19.0. The number of halogens is 2. The minimum absolute atomic E-state index is 0. The topological polar surface area (TPSA) is 46.3 Å². The first-order chi connectivity index (χ1) is 7.56. The lowest BCUT2D eigenvalue weighted by Gasteiger charge is -2.16. The lowest BCUT2D eigenvalue weighted by atomic mass is 10.1. The fraction of sp³-hybridized carbons (Fsp3) is 0.417. The van der Waals surface area contributed by atoms with Crippen LogP contribution in [0.4, 0.5) is 4.39 Å². The fourth-order valence-electron chi connectivity index (χ4n) is 2.01. The molecule has 1 saturated heterocycles. The molecule has 17 heavy (non-hydrogen) atoms. The van der Waals surface area contributed by atoms with E-state index in [9.17, 15) is 9.18 Å². The summed E-state index contributed by atoms with van der Waals surface area (Å²) in [5, 5.41) is 0. The van der Waals surface area contributed by atoms with E-state index >= 15 is 0 Å². The summed E-state index contributed by atoms with van der Waals surface area (Å²) in [6.07, 6.45) is 0.819. The lowest BCUT2D eigenvalue weighted by molar-refractivity contribution is 0.0790. The van der Waals surface area contributed by atoms with Crippen molar-refractivity contribution < 1.29 is 9.18 Å². The van der Waals surface area contributed by atoms with Crippen molar-refractivity contribution in [2.24, 2.45) is 5.73 Å². The molecule has 1 aromatic carbocycles. The van der Waals surface area contributed by atoms with Gasteiger partial charge in [0, 0.05) is 24.7 Å². The van der Waals surface area contributed by atoms with Gasteiger partial charge in [0.1, 0.15) is 5.82 Å². The lowest BCUT2D eigenvalue weighted by Crippen LogP contribution is -2.31. The zero-order valence-electron chi connectivity index (χ0n) is 9.65. The van der Waals surface area contributed by atoms with E-state index in [2.05, 4.69) is 0 Å². The third kappa shape index (κ3) is 3.17. The first-order valence-electron chi connectivity index (χ1n) is 5.38. The van der Waals surface area contributed by atoms with Crippen molar-refractivity contribution in [1.82, 2.24) is 4.90 Å². The number of benzene rings is 1. The highest BCUT2D eigenvalue weighted by Gasteiger charge is 2.24. The molecule has 1 fully saturated rings. The van der Waals surface area contributed by atoms with Gasteiger partial charge in [-0.05, 0) is 37.1 Å². The van der Waals surface area contributed by atoms with Crippen LogP contribution in [0.5, 0.6) is 0 Å². The summed E-state index contributed by atoms with van der Waals surface area (Å²) in [6, 6.07) is 4.44. The first-order valence-corrected chi connectivity index (χ1v) is 5.38. The molecule has 0 aromatic heterocycles. The van der Waals surface area contributed by atoms with Crippen LogP contribution in [0.25, 0.3) is 0 Å². The van der Waals surface area contributed by atoms with Gasteiger partial charge >= 0.3 is 0 Å². The van der Waals surface area contributed by atoms with Gasteiger partial charge in [0.2, 0.25) is 0 Å². The highest BCUT2D eigenvalue weighted by Crippen LogP contribution is 2.15. The minimum Gasteiger partial charge on any atom is -0.337 e. The zero-order chi connectivity index (χ0) is 11.7. The molecular formula is C12H16ClFN2O. The monoisotopic (exact) mass is 258 g/mol. The summed E-state index contributed by atoms with van der Waals surface area (Å²) in [4.78, 5) is 13.7. The predicted octanol–water partition coefficient (Wildman–Crippen LogP) is 1.73. The van der Waals surface area contributed by atoms with E-state index in [1.165, 1.54) is 12.1 Å². The van der Waals surface area contributed by atoms with Crippen molar-refractivity contribution in [2.75, 3.05) is 13.1 Å². The third-order valence-electron chi connectivity index (χ3n) is 2.80. The molecule has 94 valence electrons. The number of likely N-dealkylation sites (tertiary alicyclic amines) is 1. The second-order valence-corrected chi connectivity index (χ2v) is 4.32. The Morgan fingerprint density at radius 3 is 2.71 bits per heavy atom. The molecular weight excluding hydrogens is 243 g/mol. The van der Waals surface area contributed by atoms with Crippen LogP contribution in [0.1, 0.15) is 22.3 Å². The number of nitrogens with two attached hydrogens (primary N) is 1. The predicted molar refractivity (Wildman–Crippen MR) is 66.9 cm³/mol. The van der Waals surface area contributed by atoms with Crippen LogP contribution in [0.3, 0.4) is 0 Å². The summed E-state index contributed by atoms with van der Waals surface area (Å²) < 4.78 is 13.2. The second-order valence-electron chi connectivity index (χ2n) is 4.32. The highest BCUT2D eigenvalue weighted by molar-refractivity contribution is 5.94. The van der Waals surface area contributed by atoms with E-state index in [0.29, 0.717) is 18.7 Å². The number of rotatable bonds is 1.